The first-order valence-electron chi connectivity index (χ1n) is 9.02. The van der Waals surface area contributed by atoms with E-state index in [-0.39, 0.29) is 11.8 Å². The molecule has 1 rings (SSSR count). The predicted octanol–water partition coefficient (Wildman–Crippen LogP) is 1.85. The first-order valence-corrected chi connectivity index (χ1v) is 12.9. The van der Waals surface area contributed by atoms with E-state index in [1.165, 1.54) is 10.6 Å². The van der Waals surface area contributed by atoms with E-state index in [0.717, 1.165) is 6.42 Å². The summed E-state index contributed by atoms with van der Waals surface area (Å²) >= 11 is 0. The third-order valence-electron chi connectivity index (χ3n) is 4.75. The first kappa shape index (κ1) is 24.9. The lowest BCUT2D eigenvalue weighted by atomic mass is 10.4. The Morgan fingerprint density at radius 1 is 0.821 bits per heavy atom. The Labute approximate surface area is 169 Å². The molecular formula is C16H34N2O8Si2. The highest BCUT2D eigenvalue weighted by Gasteiger charge is 2.37. The molecule has 0 radical (unpaired) electrons. The van der Waals surface area contributed by atoms with E-state index >= 15 is 0 Å². The van der Waals surface area contributed by atoms with Crippen molar-refractivity contribution in [2.24, 2.45) is 0 Å². The van der Waals surface area contributed by atoms with Crippen molar-refractivity contribution in [3.05, 3.63) is 6.07 Å². The zero-order chi connectivity index (χ0) is 21.2. The summed E-state index contributed by atoms with van der Waals surface area (Å²) in [5.41, 5.74) is 0.464. The molecule has 0 unspecified atom stereocenters. The summed E-state index contributed by atoms with van der Waals surface area (Å²) in [6, 6.07) is 2.69. The van der Waals surface area contributed by atoms with Gasteiger partial charge in [-0.25, -0.2) is 0 Å². The van der Waals surface area contributed by atoms with Crippen LogP contribution in [0, 0.1) is 0 Å². The van der Waals surface area contributed by atoms with Gasteiger partial charge in [-0.3, -0.25) is 4.57 Å². The van der Waals surface area contributed by atoms with Gasteiger partial charge in [-0.05, 0) is 12.8 Å². The van der Waals surface area contributed by atoms with Crippen LogP contribution in [0.5, 0.6) is 11.8 Å². The van der Waals surface area contributed by atoms with Crippen LogP contribution in [0.25, 0.3) is 0 Å². The SMILES string of the molecule is CO[Si](CCCNc1cc(O)n(CCC[Si](OC)(OC)OC)c1O)(OC)OC. The quantitative estimate of drug-likeness (QED) is 0.279. The van der Waals surface area contributed by atoms with Crippen molar-refractivity contribution in [1.82, 2.24) is 4.57 Å². The fraction of sp³-hybridized carbons (Fsp3) is 0.750. The van der Waals surface area contributed by atoms with Gasteiger partial charge in [-0.2, -0.15) is 0 Å². The number of hydrogen-bond acceptors (Lipinski definition) is 9. The Morgan fingerprint density at radius 3 is 1.75 bits per heavy atom. The van der Waals surface area contributed by atoms with Crippen LogP contribution in [0.2, 0.25) is 12.1 Å². The summed E-state index contributed by atoms with van der Waals surface area (Å²) < 4.78 is 33.7. The third kappa shape index (κ3) is 6.19. The van der Waals surface area contributed by atoms with E-state index in [1.807, 2.05) is 0 Å². The minimum Gasteiger partial charge on any atom is -0.494 e. The van der Waals surface area contributed by atoms with Gasteiger partial charge in [0.15, 0.2) is 5.88 Å². The van der Waals surface area contributed by atoms with Crippen LogP contribution in [0.4, 0.5) is 5.69 Å². The number of aromatic hydroxyl groups is 2. The molecule has 0 saturated heterocycles. The Morgan fingerprint density at radius 2 is 1.29 bits per heavy atom. The van der Waals surface area contributed by atoms with Crippen LogP contribution >= 0.6 is 0 Å². The average molecular weight is 439 g/mol. The van der Waals surface area contributed by atoms with E-state index < -0.39 is 17.6 Å². The summed E-state index contributed by atoms with van der Waals surface area (Å²) in [5, 5.41) is 23.7. The maximum absolute atomic E-state index is 10.4. The van der Waals surface area contributed by atoms with Crippen molar-refractivity contribution in [2.45, 2.75) is 31.5 Å². The smallest absolute Gasteiger partial charge is 0.494 e. The van der Waals surface area contributed by atoms with Crippen LogP contribution in [-0.4, -0.2) is 81.6 Å². The highest BCUT2D eigenvalue weighted by molar-refractivity contribution is 6.60. The summed E-state index contributed by atoms with van der Waals surface area (Å²) in [6.45, 7) is 0.964. The largest absolute Gasteiger partial charge is 0.500 e. The third-order valence-corrected chi connectivity index (χ3v) is 10.4. The maximum atomic E-state index is 10.4. The molecule has 0 amide bonds. The van der Waals surface area contributed by atoms with E-state index in [9.17, 15) is 10.2 Å². The number of nitrogens with zero attached hydrogens (tertiary/aromatic N) is 1. The molecule has 0 aromatic carbocycles. The molecule has 1 aromatic rings. The van der Waals surface area contributed by atoms with Gasteiger partial charge in [0.2, 0.25) is 5.88 Å². The minimum absolute atomic E-state index is 0.0195. The second kappa shape index (κ2) is 11.8. The molecule has 0 aliphatic heterocycles. The molecule has 10 nitrogen and oxygen atoms in total. The summed E-state index contributed by atoms with van der Waals surface area (Å²) in [4.78, 5) is 0. The first-order chi connectivity index (χ1) is 13.4. The molecular weight excluding hydrogens is 404 g/mol. The van der Waals surface area contributed by atoms with Gasteiger partial charge < -0.3 is 42.1 Å². The van der Waals surface area contributed by atoms with Crippen LogP contribution < -0.4 is 5.32 Å². The highest BCUT2D eigenvalue weighted by atomic mass is 28.4. The zero-order valence-electron chi connectivity index (χ0n) is 17.6. The van der Waals surface area contributed by atoms with E-state index in [2.05, 4.69) is 5.32 Å². The van der Waals surface area contributed by atoms with E-state index in [1.54, 1.807) is 42.7 Å². The van der Waals surface area contributed by atoms with Crippen molar-refractivity contribution >= 4 is 23.3 Å². The van der Waals surface area contributed by atoms with Gasteiger partial charge in [0.1, 0.15) is 5.69 Å². The lowest BCUT2D eigenvalue weighted by Crippen LogP contribution is -2.42. The second-order valence-electron chi connectivity index (χ2n) is 6.12. The summed E-state index contributed by atoms with van der Waals surface area (Å²) in [5.74, 6) is -0.0420. The molecule has 0 spiro atoms. The lowest BCUT2D eigenvalue weighted by molar-refractivity contribution is 0.122. The Hall–Kier alpha value is -1.13. The van der Waals surface area contributed by atoms with Gasteiger partial charge in [0.25, 0.3) is 0 Å². The predicted molar refractivity (Wildman–Crippen MR) is 109 cm³/mol. The van der Waals surface area contributed by atoms with Crippen LogP contribution in [0.1, 0.15) is 12.8 Å². The Balaban J connectivity index is 2.59. The van der Waals surface area contributed by atoms with Crippen molar-refractivity contribution in [2.75, 3.05) is 54.5 Å². The standard InChI is InChI=1S/C16H34N2O8Si2/c1-21-27(22-2,23-3)11-7-9-17-14-13-15(19)18(16(14)20)10-8-12-28(24-4,25-5)26-6/h13,17,19-20H,7-12H2,1-6H3. The average Bonchev–Trinajstić information content (AvgIpc) is 2.99. The molecule has 0 atom stereocenters. The van der Waals surface area contributed by atoms with Gasteiger partial charge in [-0.1, -0.05) is 0 Å². The summed E-state index contributed by atoms with van der Waals surface area (Å²) in [7, 11) is 4.10. The van der Waals surface area contributed by atoms with Gasteiger partial charge >= 0.3 is 17.6 Å². The molecule has 28 heavy (non-hydrogen) atoms. The number of anilines is 1. The van der Waals surface area contributed by atoms with Crippen molar-refractivity contribution < 1.29 is 36.8 Å². The monoisotopic (exact) mass is 438 g/mol. The molecule has 12 heteroatoms. The van der Waals surface area contributed by atoms with Gasteiger partial charge in [0.05, 0.1) is 0 Å². The molecule has 164 valence electrons. The van der Waals surface area contributed by atoms with Crippen molar-refractivity contribution in [1.29, 1.82) is 0 Å². The number of hydrogen-bond donors (Lipinski definition) is 3. The van der Waals surface area contributed by atoms with Gasteiger partial charge in [0, 0.05) is 73.9 Å². The molecule has 0 aliphatic carbocycles. The summed E-state index contributed by atoms with van der Waals surface area (Å²) in [6.07, 6.45) is 1.33. The van der Waals surface area contributed by atoms with Crippen LogP contribution in [0.3, 0.4) is 0 Å². The lowest BCUT2D eigenvalue weighted by Gasteiger charge is -2.24. The second-order valence-corrected chi connectivity index (χ2v) is 12.3. The zero-order valence-corrected chi connectivity index (χ0v) is 19.6. The van der Waals surface area contributed by atoms with Crippen molar-refractivity contribution in [3.8, 4) is 11.8 Å². The van der Waals surface area contributed by atoms with Gasteiger partial charge in [-0.15, -0.1) is 0 Å². The minimum atomic E-state index is -2.68. The molecule has 3 N–H and O–H groups in total. The number of aromatic nitrogens is 1. The molecule has 1 aromatic heterocycles. The molecule has 0 bridgehead atoms. The normalized spacial score (nSPS) is 12.5. The maximum Gasteiger partial charge on any atom is 0.500 e. The Kier molecular flexibility index (Phi) is 10.5. The Bertz CT molecular complexity index is 563. The molecule has 0 fully saturated rings. The molecule has 0 aliphatic rings. The molecule has 1 heterocycles. The van der Waals surface area contributed by atoms with Crippen molar-refractivity contribution in [3.63, 3.8) is 0 Å². The highest BCUT2D eigenvalue weighted by Crippen LogP contribution is 2.33. The van der Waals surface area contributed by atoms with E-state index in [0.29, 0.717) is 37.3 Å². The fourth-order valence-corrected chi connectivity index (χ4v) is 6.40. The topological polar surface area (TPSA) is 113 Å². The number of nitrogens with one attached hydrogen (secondary N) is 1. The number of rotatable bonds is 15. The molecule has 0 saturated carbocycles. The fourth-order valence-electron chi connectivity index (χ4n) is 2.97. The van der Waals surface area contributed by atoms with Crippen LogP contribution in [0.15, 0.2) is 6.07 Å². The van der Waals surface area contributed by atoms with E-state index in [4.69, 9.17) is 26.6 Å². The van der Waals surface area contributed by atoms with Crippen LogP contribution in [-0.2, 0) is 33.1 Å².